The van der Waals surface area contributed by atoms with Crippen molar-refractivity contribution in [2.24, 2.45) is 0 Å². The monoisotopic (exact) mass is 441 g/mol. The van der Waals surface area contributed by atoms with E-state index in [-0.39, 0.29) is 16.2 Å². The number of hydrogen-bond donors (Lipinski definition) is 2. The molecule has 0 unspecified atom stereocenters. The van der Waals surface area contributed by atoms with E-state index in [2.05, 4.69) is 21.0 Å². The van der Waals surface area contributed by atoms with Gasteiger partial charge in [0.2, 0.25) is 21.8 Å². The first-order chi connectivity index (χ1) is 13.8. The molecule has 2 aromatic rings. The van der Waals surface area contributed by atoms with Crippen LogP contribution < -0.4 is 10.9 Å². The predicted octanol–water partition coefficient (Wildman–Crippen LogP) is 1.10. The molecule has 1 aromatic carbocycles. The van der Waals surface area contributed by atoms with Gasteiger partial charge in [-0.3, -0.25) is 20.4 Å². The maximum Gasteiger partial charge on any atom is 0.269 e. The summed E-state index contributed by atoms with van der Waals surface area (Å²) in [7, 11) is -3.68. The summed E-state index contributed by atoms with van der Waals surface area (Å²) < 4.78 is 31.3. The van der Waals surface area contributed by atoms with E-state index in [9.17, 15) is 18.0 Å². The molecule has 1 aromatic heterocycles. The van der Waals surface area contributed by atoms with Gasteiger partial charge in [-0.1, -0.05) is 25.1 Å². The quantitative estimate of drug-likeness (QED) is 0.553. The summed E-state index contributed by atoms with van der Waals surface area (Å²) >= 11 is 1.26. The van der Waals surface area contributed by atoms with Crippen LogP contribution in [0.1, 0.15) is 35.9 Å². The van der Waals surface area contributed by atoms with E-state index >= 15 is 0 Å². The van der Waals surface area contributed by atoms with E-state index in [1.807, 2.05) is 0 Å². The Hall–Kier alpha value is -2.44. The number of carbonyl (C=O) groups excluding carboxylic acids is 2. The summed E-state index contributed by atoms with van der Waals surface area (Å²) in [6.45, 7) is 5.81. The zero-order valence-corrected chi connectivity index (χ0v) is 18.0. The molecule has 0 atom stereocenters. The molecule has 0 bridgehead atoms. The van der Waals surface area contributed by atoms with Gasteiger partial charge in [-0.2, -0.15) is 9.29 Å². The second kappa shape index (κ2) is 10.4. The minimum absolute atomic E-state index is 0.0196. The van der Waals surface area contributed by atoms with Crippen LogP contribution in [-0.4, -0.2) is 53.5 Å². The first kappa shape index (κ1) is 22.8. The lowest BCUT2D eigenvalue weighted by Gasteiger charge is -2.18. The van der Waals surface area contributed by atoms with Gasteiger partial charge in [0.1, 0.15) is 0 Å². The predicted molar refractivity (Wildman–Crippen MR) is 107 cm³/mol. The Balaban J connectivity index is 1.89. The van der Waals surface area contributed by atoms with Crippen LogP contribution in [0.3, 0.4) is 0 Å². The van der Waals surface area contributed by atoms with Gasteiger partial charge < -0.3 is 4.52 Å². The van der Waals surface area contributed by atoms with Gasteiger partial charge in [0.15, 0.2) is 5.82 Å². The topological polar surface area (TPSA) is 134 Å². The summed E-state index contributed by atoms with van der Waals surface area (Å²) in [5.74, 6) is 0.358. The number of aromatic nitrogens is 2. The number of sulfonamides is 1. The fourth-order valence-electron chi connectivity index (χ4n) is 2.38. The highest BCUT2D eigenvalue weighted by Gasteiger charge is 2.22. The highest BCUT2D eigenvalue weighted by Crippen LogP contribution is 2.17. The molecule has 1 heterocycles. The van der Waals surface area contributed by atoms with Crippen molar-refractivity contribution in [1.82, 2.24) is 25.3 Å². The number of benzene rings is 1. The van der Waals surface area contributed by atoms with E-state index < -0.39 is 21.8 Å². The van der Waals surface area contributed by atoms with Crippen LogP contribution >= 0.6 is 11.8 Å². The van der Waals surface area contributed by atoms with Crippen molar-refractivity contribution >= 4 is 33.6 Å². The molecule has 0 spiro atoms. The smallest absolute Gasteiger partial charge is 0.269 e. The highest BCUT2D eigenvalue weighted by atomic mass is 32.2. The van der Waals surface area contributed by atoms with Gasteiger partial charge in [0.25, 0.3) is 5.91 Å². The molecule has 0 aliphatic heterocycles. The third kappa shape index (κ3) is 6.27. The molecule has 0 radical (unpaired) electrons. The standard InChI is InChI=1S/C17H23N5O5S2/c1-4-22(5-2)29(25,26)14-8-6-7-13(9-14)17(24)20-19-16(23)11-28-10-15-18-12(3)27-21-15/h6-9H,4-5,10-11H2,1-3H3,(H,19,23)(H,20,24). The number of thioether (sulfide) groups is 1. The van der Waals surface area contributed by atoms with Crippen LogP contribution in [0.4, 0.5) is 0 Å². The fourth-order valence-corrected chi connectivity index (χ4v) is 4.54. The largest absolute Gasteiger partial charge is 0.340 e. The third-order valence-electron chi connectivity index (χ3n) is 3.79. The summed E-state index contributed by atoms with van der Waals surface area (Å²) in [6, 6.07) is 5.66. The molecule has 2 amide bonds. The Bertz CT molecular complexity index is 957. The normalized spacial score (nSPS) is 11.4. The number of rotatable bonds is 9. The molecule has 0 saturated carbocycles. The maximum atomic E-state index is 12.6. The van der Waals surface area contributed by atoms with Crippen molar-refractivity contribution in [1.29, 1.82) is 0 Å². The molecule has 12 heteroatoms. The number of nitrogens with one attached hydrogen (secondary N) is 2. The van der Waals surface area contributed by atoms with Crippen molar-refractivity contribution < 1.29 is 22.5 Å². The van der Waals surface area contributed by atoms with E-state index in [1.165, 1.54) is 40.3 Å². The zero-order valence-electron chi connectivity index (χ0n) is 16.3. The van der Waals surface area contributed by atoms with Gasteiger partial charge in [-0.05, 0) is 18.2 Å². The molecule has 2 rings (SSSR count). The lowest BCUT2D eigenvalue weighted by molar-refractivity contribution is -0.119. The number of nitrogens with zero attached hydrogens (tertiary/aromatic N) is 3. The van der Waals surface area contributed by atoms with Gasteiger partial charge >= 0.3 is 0 Å². The van der Waals surface area contributed by atoms with Gasteiger partial charge in [-0.15, -0.1) is 11.8 Å². The van der Waals surface area contributed by atoms with Crippen LogP contribution in [0.5, 0.6) is 0 Å². The molecule has 0 fully saturated rings. The Labute approximate surface area is 173 Å². The van der Waals surface area contributed by atoms with Crippen LogP contribution in [0.25, 0.3) is 0 Å². The first-order valence-electron chi connectivity index (χ1n) is 8.84. The molecule has 0 aliphatic rings. The van der Waals surface area contributed by atoms with Gasteiger partial charge in [-0.25, -0.2) is 8.42 Å². The molecule has 158 valence electrons. The van der Waals surface area contributed by atoms with E-state index in [0.717, 1.165) is 0 Å². The molecule has 2 N–H and O–H groups in total. The third-order valence-corrected chi connectivity index (χ3v) is 6.76. The molecule has 0 aliphatic carbocycles. The summed E-state index contributed by atoms with van der Waals surface area (Å²) in [5, 5.41) is 3.72. The van der Waals surface area contributed by atoms with Gasteiger partial charge in [0.05, 0.1) is 16.4 Å². The van der Waals surface area contributed by atoms with Gasteiger partial charge in [0, 0.05) is 25.6 Å². The molecule has 29 heavy (non-hydrogen) atoms. The average Bonchev–Trinajstić information content (AvgIpc) is 3.12. The number of hydrogen-bond acceptors (Lipinski definition) is 8. The molecule has 10 nitrogen and oxygen atoms in total. The van der Waals surface area contributed by atoms with Crippen LogP contribution in [0, 0.1) is 6.92 Å². The summed E-state index contributed by atoms with van der Waals surface area (Å²) in [4.78, 5) is 28.2. The second-order valence-corrected chi connectivity index (χ2v) is 8.77. The van der Waals surface area contributed by atoms with Crippen molar-refractivity contribution in [3.63, 3.8) is 0 Å². The number of hydrazine groups is 1. The highest BCUT2D eigenvalue weighted by molar-refractivity contribution is 7.99. The van der Waals surface area contributed by atoms with E-state index in [0.29, 0.717) is 30.6 Å². The maximum absolute atomic E-state index is 12.6. The minimum Gasteiger partial charge on any atom is -0.340 e. The van der Waals surface area contributed by atoms with Crippen molar-refractivity contribution in [2.75, 3.05) is 18.8 Å². The molecular weight excluding hydrogens is 418 g/mol. The zero-order chi connectivity index (χ0) is 21.4. The van der Waals surface area contributed by atoms with Crippen LogP contribution in [-0.2, 0) is 20.6 Å². The van der Waals surface area contributed by atoms with Crippen LogP contribution in [0.15, 0.2) is 33.7 Å². The van der Waals surface area contributed by atoms with E-state index in [4.69, 9.17) is 4.52 Å². The Morgan fingerprint density at radius 1 is 1.21 bits per heavy atom. The second-order valence-electron chi connectivity index (χ2n) is 5.84. The van der Waals surface area contributed by atoms with Crippen molar-refractivity contribution in [2.45, 2.75) is 31.4 Å². The average molecular weight is 442 g/mol. The number of carbonyl (C=O) groups is 2. The van der Waals surface area contributed by atoms with E-state index in [1.54, 1.807) is 20.8 Å². The number of aryl methyl sites for hydroxylation is 1. The first-order valence-corrected chi connectivity index (χ1v) is 11.4. The van der Waals surface area contributed by atoms with Crippen molar-refractivity contribution in [3.8, 4) is 0 Å². The fraction of sp³-hybridized carbons (Fsp3) is 0.412. The molecule has 0 saturated heterocycles. The SMILES string of the molecule is CCN(CC)S(=O)(=O)c1cccc(C(=O)NNC(=O)CSCc2noc(C)n2)c1. The lowest BCUT2D eigenvalue weighted by atomic mass is 10.2. The minimum atomic E-state index is -3.68. The Kier molecular flexibility index (Phi) is 8.17. The lowest BCUT2D eigenvalue weighted by Crippen LogP contribution is -2.42. The Morgan fingerprint density at radius 3 is 2.55 bits per heavy atom. The number of amides is 2. The summed E-state index contributed by atoms with van der Waals surface area (Å²) in [5.41, 5.74) is 4.69. The summed E-state index contributed by atoms with van der Waals surface area (Å²) in [6.07, 6.45) is 0. The Morgan fingerprint density at radius 2 is 1.93 bits per heavy atom. The van der Waals surface area contributed by atoms with Crippen molar-refractivity contribution in [3.05, 3.63) is 41.5 Å². The molecular formula is C17H23N5O5S2. The van der Waals surface area contributed by atoms with Crippen LogP contribution in [0.2, 0.25) is 0 Å².